The number of hydrogen-bond donors (Lipinski definition) is 0. The normalized spacial score (nSPS) is 10.2. The highest BCUT2D eigenvalue weighted by atomic mass is 32.2. The first-order valence-corrected chi connectivity index (χ1v) is 6.69. The minimum absolute atomic E-state index is 0.118. The van der Waals surface area contributed by atoms with Crippen LogP contribution in [-0.4, -0.2) is 12.0 Å². The average molecular weight is 242 g/mol. The highest BCUT2D eigenvalue weighted by Gasteiger charge is 2.08. The molecule has 2 heteroatoms. The Balaban J connectivity index is 2.51. The third-order valence-electron chi connectivity index (χ3n) is 2.69. The van der Waals surface area contributed by atoms with Gasteiger partial charge in [0, 0.05) is 10.5 Å². The summed E-state index contributed by atoms with van der Waals surface area (Å²) < 4.78 is 0. The topological polar surface area (TPSA) is 17.1 Å². The Hall–Kier alpha value is -1.54. The minimum atomic E-state index is 0.118. The fourth-order valence-electron chi connectivity index (χ4n) is 1.79. The zero-order valence-corrected chi connectivity index (χ0v) is 10.8. The summed E-state index contributed by atoms with van der Waals surface area (Å²) in [4.78, 5) is 12.6. The molecule has 2 aromatic carbocycles. The van der Waals surface area contributed by atoms with E-state index in [9.17, 15) is 4.79 Å². The van der Waals surface area contributed by atoms with Crippen LogP contribution in [0.15, 0.2) is 53.4 Å². The van der Waals surface area contributed by atoms with Crippen molar-refractivity contribution in [2.45, 2.75) is 11.8 Å². The molecule has 0 unspecified atom stereocenters. The van der Waals surface area contributed by atoms with Crippen LogP contribution in [0.4, 0.5) is 0 Å². The number of hydrogen-bond acceptors (Lipinski definition) is 2. The van der Waals surface area contributed by atoms with Gasteiger partial charge in [0.25, 0.3) is 0 Å². The van der Waals surface area contributed by atoms with Gasteiger partial charge in [0.05, 0.1) is 0 Å². The Bertz CT molecular complexity index is 532. The number of carbonyl (C=O) groups is 1. The SMILES string of the molecule is CSc1ccc(-c2ccccc2)cc1C(C)=O. The third kappa shape index (κ3) is 2.59. The van der Waals surface area contributed by atoms with Gasteiger partial charge < -0.3 is 0 Å². The zero-order chi connectivity index (χ0) is 12.3. The maximum Gasteiger partial charge on any atom is 0.160 e. The maximum atomic E-state index is 11.6. The quantitative estimate of drug-likeness (QED) is 0.590. The highest BCUT2D eigenvalue weighted by molar-refractivity contribution is 7.98. The number of thioether (sulfide) groups is 1. The number of rotatable bonds is 3. The van der Waals surface area contributed by atoms with Crippen molar-refractivity contribution in [3.05, 3.63) is 54.1 Å². The molecule has 0 heterocycles. The Kier molecular flexibility index (Phi) is 3.64. The second-order valence-electron chi connectivity index (χ2n) is 3.84. The van der Waals surface area contributed by atoms with Crippen LogP contribution in [0, 0.1) is 0 Å². The lowest BCUT2D eigenvalue weighted by atomic mass is 10.0. The molecule has 0 aliphatic rings. The van der Waals surface area contributed by atoms with Gasteiger partial charge in [-0.2, -0.15) is 0 Å². The van der Waals surface area contributed by atoms with E-state index in [0.717, 1.165) is 21.6 Å². The van der Waals surface area contributed by atoms with Gasteiger partial charge in [0.15, 0.2) is 5.78 Å². The second kappa shape index (κ2) is 5.19. The smallest absolute Gasteiger partial charge is 0.160 e. The van der Waals surface area contributed by atoms with Gasteiger partial charge in [0.1, 0.15) is 0 Å². The van der Waals surface area contributed by atoms with Gasteiger partial charge in [-0.15, -0.1) is 11.8 Å². The number of benzene rings is 2. The fraction of sp³-hybridized carbons (Fsp3) is 0.133. The van der Waals surface area contributed by atoms with Gasteiger partial charge in [-0.25, -0.2) is 0 Å². The summed E-state index contributed by atoms with van der Waals surface area (Å²) in [7, 11) is 0. The van der Waals surface area contributed by atoms with Crippen molar-refractivity contribution in [3.63, 3.8) is 0 Å². The number of carbonyl (C=O) groups excluding carboxylic acids is 1. The Labute approximate surface area is 106 Å². The lowest BCUT2D eigenvalue weighted by Gasteiger charge is -2.07. The second-order valence-corrected chi connectivity index (χ2v) is 4.69. The van der Waals surface area contributed by atoms with E-state index >= 15 is 0 Å². The predicted molar refractivity (Wildman–Crippen MR) is 73.7 cm³/mol. The van der Waals surface area contributed by atoms with E-state index in [1.54, 1.807) is 18.7 Å². The predicted octanol–water partition coefficient (Wildman–Crippen LogP) is 4.28. The molecule has 0 aliphatic heterocycles. The molecule has 0 amide bonds. The molecule has 2 rings (SSSR count). The molecule has 1 nitrogen and oxygen atoms in total. The number of Topliss-reactive ketones (excluding diaryl/α,β-unsaturated/α-hetero) is 1. The molecule has 0 aromatic heterocycles. The maximum absolute atomic E-state index is 11.6. The minimum Gasteiger partial charge on any atom is -0.294 e. The van der Waals surface area contributed by atoms with E-state index in [1.807, 2.05) is 36.6 Å². The van der Waals surface area contributed by atoms with Crippen LogP contribution in [0.2, 0.25) is 0 Å². The highest BCUT2D eigenvalue weighted by Crippen LogP contribution is 2.27. The van der Waals surface area contributed by atoms with E-state index in [1.165, 1.54) is 0 Å². The van der Waals surface area contributed by atoms with Crippen molar-refractivity contribution in [2.24, 2.45) is 0 Å². The van der Waals surface area contributed by atoms with Crippen molar-refractivity contribution >= 4 is 17.5 Å². The molecule has 2 aromatic rings. The molecule has 0 saturated carbocycles. The first-order valence-electron chi connectivity index (χ1n) is 5.47. The lowest BCUT2D eigenvalue weighted by molar-refractivity contribution is 0.101. The largest absolute Gasteiger partial charge is 0.294 e. The first-order chi connectivity index (χ1) is 8.22. The zero-order valence-electron chi connectivity index (χ0n) is 9.94. The summed E-state index contributed by atoms with van der Waals surface area (Å²) >= 11 is 1.61. The Morgan fingerprint density at radius 2 is 1.71 bits per heavy atom. The fourth-order valence-corrected chi connectivity index (χ4v) is 2.42. The summed E-state index contributed by atoms with van der Waals surface area (Å²) in [6, 6.07) is 16.2. The van der Waals surface area contributed by atoms with E-state index < -0.39 is 0 Å². The molecule has 17 heavy (non-hydrogen) atoms. The summed E-state index contributed by atoms with van der Waals surface area (Å²) in [5.74, 6) is 0.118. The van der Waals surface area contributed by atoms with Crippen molar-refractivity contribution in [3.8, 4) is 11.1 Å². The molecule has 0 aliphatic carbocycles. The molecule has 0 atom stereocenters. The summed E-state index contributed by atoms with van der Waals surface area (Å²) in [5, 5.41) is 0. The van der Waals surface area contributed by atoms with Crippen molar-refractivity contribution in [2.75, 3.05) is 6.26 Å². The van der Waals surface area contributed by atoms with Gasteiger partial charge >= 0.3 is 0 Å². The van der Waals surface area contributed by atoms with Gasteiger partial charge in [0.2, 0.25) is 0 Å². The molecular weight excluding hydrogens is 228 g/mol. The lowest BCUT2D eigenvalue weighted by Crippen LogP contribution is -1.95. The van der Waals surface area contributed by atoms with Crippen LogP contribution in [-0.2, 0) is 0 Å². The van der Waals surface area contributed by atoms with E-state index in [4.69, 9.17) is 0 Å². The molecule has 86 valence electrons. The Morgan fingerprint density at radius 3 is 2.29 bits per heavy atom. The van der Waals surface area contributed by atoms with Crippen LogP contribution >= 0.6 is 11.8 Å². The van der Waals surface area contributed by atoms with E-state index in [-0.39, 0.29) is 5.78 Å². The molecule has 0 saturated heterocycles. The third-order valence-corrected chi connectivity index (χ3v) is 3.48. The van der Waals surface area contributed by atoms with Crippen molar-refractivity contribution in [1.82, 2.24) is 0 Å². The van der Waals surface area contributed by atoms with Gasteiger partial charge in [-0.3, -0.25) is 4.79 Å². The van der Waals surface area contributed by atoms with Crippen LogP contribution in [0.5, 0.6) is 0 Å². The van der Waals surface area contributed by atoms with Gasteiger partial charge in [-0.05, 0) is 36.4 Å². The molecule has 0 fully saturated rings. The first kappa shape index (κ1) is 11.9. The van der Waals surface area contributed by atoms with Crippen LogP contribution in [0.25, 0.3) is 11.1 Å². The van der Waals surface area contributed by atoms with Crippen LogP contribution in [0.1, 0.15) is 17.3 Å². The molecule has 0 radical (unpaired) electrons. The van der Waals surface area contributed by atoms with E-state index in [0.29, 0.717) is 0 Å². The monoisotopic (exact) mass is 242 g/mol. The molecule has 0 N–H and O–H groups in total. The Morgan fingerprint density at radius 1 is 1.00 bits per heavy atom. The summed E-state index contributed by atoms with van der Waals surface area (Å²) in [6.45, 7) is 1.61. The molecule has 0 bridgehead atoms. The summed E-state index contributed by atoms with van der Waals surface area (Å²) in [6.07, 6.45) is 1.99. The van der Waals surface area contributed by atoms with Crippen molar-refractivity contribution < 1.29 is 4.79 Å². The average Bonchev–Trinajstić information content (AvgIpc) is 2.39. The standard InChI is InChI=1S/C15H14OS/c1-11(16)14-10-13(8-9-15(14)17-2)12-6-4-3-5-7-12/h3-10H,1-2H3. The summed E-state index contributed by atoms with van der Waals surface area (Å²) in [5.41, 5.74) is 3.04. The molecular formula is C15H14OS. The van der Waals surface area contributed by atoms with Gasteiger partial charge in [-0.1, -0.05) is 36.4 Å². The van der Waals surface area contributed by atoms with Crippen LogP contribution < -0.4 is 0 Å². The van der Waals surface area contributed by atoms with Crippen molar-refractivity contribution in [1.29, 1.82) is 0 Å². The number of ketones is 1. The van der Waals surface area contributed by atoms with Crippen LogP contribution in [0.3, 0.4) is 0 Å². The van der Waals surface area contributed by atoms with E-state index in [2.05, 4.69) is 18.2 Å². The molecule has 0 spiro atoms.